The van der Waals surface area contributed by atoms with Crippen molar-refractivity contribution >= 4 is 102 Å². The minimum atomic E-state index is -5.08. The predicted octanol–water partition coefficient (Wildman–Crippen LogP) is 21.3. The first kappa shape index (κ1) is 104. The molecule has 20 rings (SSSR count). The molecule has 0 aliphatic carbocycles. The number of aromatic carboxylic acids is 2. The van der Waals surface area contributed by atoms with E-state index in [2.05, 4.69) is 140 Å². The lowest BCUT2D eigenvalue weighted by atomic mass is 9.79. The van der Waals surface area contributed by atoms with Crippen molar-refractivity contribution in [3.8, 4) is 97.1 Å². The first-order valence-electron chi connectivity index (χ1n) is 45.6. The minimum absolute atomic E-state index is 0.0232. The van der Waals surface area contributed by atoms with Gasteiger partial charge in [-0.3, -0.25) is 19.9 Å². The van der Waals surface area contributed by atoms with Gasteiger partial charge in [-0.15, -0.1) is 15.3 Å². The van der Waals surface area contributed by atoms with Gasteiger partial charge in [-0.1, -0.05) is 187 Å². The molecule has 11 aromatic carbocycles. The Morgan fingerprint density at radius 3 is 1.01 bits per heavy atom. The van der Waals surface area contributed by atoms with Crippen molar-refractivity contribution in [2.75, 3.05) is 34.5 Å². The molecule has 40 heteroatoms. The van der Waals surface area contributed by atoms with Gasteiger partial charge in [0.25, 0.3) is 23.5 Å². The van der Waals surface area contributed by atoms with Crippen molar-refractivity contribution in [2.45, 2.75) is 78.6 Å². The van der Waals surface area contributed by atoms with Crippen LogP contribution in [0, 0.1) is 0 Å². The fourth-order valence-electron chi connectivity index (χ4n) is 14.5. The molecule has 1 aliphatic heterocycles. The number of halogens is 4. The lowest BCUT2D eigenvalue weighted by Crippen LogP contribution is -2.41. The van der Waals surface area contributed by atoms with E-state index in [4.69, 9.17) is 66.9 Å². The van der Waals surface area contributed by atoms with Crippen molar-refractivity contribution in [2.24, 2.45) is 0 Å². The van der Waals surface area contributed by atoms with Crippen LogP contribution in [0.4, 0.5) is 13.2 Å². The van der Waals surface area contributed by atoms with Crippen LogP contribution in [0.1, 0.15) is 100 Å². The van der Waals surface area contributed by atoms with Gasteiger partial charge in [0.05, 0.1) is 87.4 Å². The van der Waals surface area contributed by atoms with Gasteiger partial charge >= 0.3 is 43.1 Å². The summed E-state index contributed by atoms with van der Waals surface area (Å²) in [7, 11) is 4.50. The molecule has 9 heterocycles. The number of ether oxygens (including phenoxy) is 9. The number of esters is 2. The van der Waals surface area contributed by atoms with Crippen LogP contribution in [0.25, 0.3) is 77.0 Å². The third kappa shape index (κ3) is 26.6. The number of hydrogen-bond acceptors (Lipinski definition) is 28. The number of fused-ring (bicyclic) bond motifs is 4. The molecular weight excluding hydrogens is 1970 g/mol. The summed E-state index contributed by atoms with van der Waals surface area (Å²) in [5.41, 5.74) is 12.7. The number of methoxy groups -OCH3 is 3. The van der Waals surface area contributed by atoms with Gasteiger partial charge in [-0.05, 0) is 243 Å². The Morgan fingerprint density at radius 1 is 0.385 bits per heavy atom. The Balaban J connectivity index is 0.000000138. The number of nitrogens with one attached hydrogen (secondary N) is 1. The molecule has 0 saturated carbocycles. The molecule has 0 unspecified atom stereocenters. The lowest BCUT2D eigenvalue weighted by Gasteiger charge is -2.32. The number of hydrogen-bond donors (Lipinski definition) is 4. The molecule has 19 aromatic rings. The quantitative estimate of drug-likeness (QED) is 0.0274. The van der Waals surface area contributed by atoms with Gasteiger partial charge in [0.15, 0.2) is 0 Å². The number of carbonyl (C=O) groups is 5. The maximum atomic E-state index is 12.5. The van der Waals surface area contributed by atoms with E-state index >= 15 is 0 Å². The van der Waals surface area contributed by atoms with Crippen molar-refractivity contribution in [3.05, 3.63) is 360 Å². The summed E-state index contributed by atoms with van der Waals surface area (Å²) in [5.74, 6) is -1.60. The molecule has 0 bridgehead atoms. The fourth-order valence-corrected chi connectivity index (χ4v) is 14.8. The van der Waals surface area contributed by atoms with Gasteiger partial charge < -0.3 is 67.3 Å². The number of nitrogens with zero attached hydrogens (tertiary/aromatic N) is 15. The average molecular weight is 2070 g/mol. The van der Waals surface area contributed by atoms with E-state index in [9.17, 15) is 37.5 Å². The van der Waals surface area contributed by atoms with Crippen LogP contribution >= 0.6 is 15.9 Å². The standard InChI is InChI=1S/C28H24N4O4.C26H20N4O4.C19H18BrN3O4.C18H12N4O3.C15H18BNO2.C2HF3O2/c1-3-35-28(33)26-27(32(31-30-26)18-19-6-12-23(34-2)13-7-19)36-24-14-10-20(11-15-24)22-9-8-21-5-4-16-29-25(21)17-22;1-33-21-10-4-17(5-11-21)16-30-25(24(26(31)32)28-29-30)34-22-12-8-18(9-13-22)20-7-6-19-3-2-14-27-23(19)15-20;1-3-26-19(24)17-18(27-16-10-6-14(20)7-11-16)23(22-21-17)12-13-4-8-15(25-2)9-5-13;23-18(24)16-17(21-22-20-16)25-14-7-5-11(6-8-14)13-4-3-12-2-1-9-19-15(12)10-13;1-14(2)15(3,4)19-16(18-14)12-8-7-11-6-5-9-17-13(11)10-12;3-2(4,5)1(6)7/h4-17H,3,18H2,1-2H3;2-15H,16H2,1H3,(H,31,32);4-11H,3,12H2,1-2H3;1-10H,(H,23,24)(H,20,21,22);5-10H,1-4H3;(H,6,7). The first-order valence-corrected chi connectivity index (χ1v) is 46.4. The van der Waals surface area contributed by atoms with Crippen LogP contribution in [0.15, 0.2) is 320 Å². The topological polar surface area (TPSA) is 433 Å². The Morgan fingerprint density at radius 2 is 0.689 bits per heavy atom. The Labute approximate surface area is 852 Å². The molecule has 0 atom stereocenters. The molecule has 750 valence electrons. The average Bonchev–Trinajstić information content (AvgIpc) is 1.61. The second-order valence-electron chi connectivity index (χ2n) is 33.3. The van der Waals surface area contributed by atoms with Crippen LogP contribution in [0.5, 0.6) is 63.8 Å². The summed E-state index contributed by atoms with van der Waals surface area (Å²) < 4.78 is 98.5. The number of carboxylic acid groups (broad SMARTS) is 3. The summed E-state index contributed by atoms with van der Waals surface area (Å²) in [6.45, 7) is 13.2. The number of carboxylic acids is 3. The van der Waals surface area contributed by atoms with Crippen LogP contribution in [0.3, 0.4) is 0 Å². The molecule has 0 amide bonds. The molecule has 0 spiro atoms. The highest BCUT2D eigenvalue weighted by Gasteiger charge is 2.52. The zero-order valence-electron chi connectivity index (χ0n) is 80.7. The van der Waals surface area contributed by atoms with Gasteiger partial charge in [-0.2, -0.15) is 13.2 Å². The number of aromatic amines is 1. The fraction of sp³-hybridized carbons (Fsp3) is 0.157. The van der Waals surface area contributed by atoms with E-state index < -0.39 is 36.0 Å². The Bertz CT molecular complexity index is 7830. The monoisotopic (exact) mass is 2060 g/mol. The predicted molar refractivity (Wildman–Crippen MR) is 546 cm³/mol. The van der Waals surface area contributed by atoms with E-state index in [1.54, 1.807) is 96.4 Å². The van der Waals surface area contributed by atoms with Crippen molar-refractivity contribution < 1.29 is 104 Å². The zero-order chi connectivity index (χ0) is 105. The van der Waals surface area contributed by atoms with E-state index in [0.717, 1.165) is 121 Å². The number of H-pyrrole nitrogens is 1. The van der Waals surface area contributed by atoms with E-state index in [1.807, 2.05) is 224 Å². The van der Waals surface area contributed by atoms with Gasteiger partial charge in [-0.25, -0.2) is 43.1 Å². The number of rotatable bonds is 27. The number of aromatic nitrogens is 16. The number of pyridine rings is 4. The second kappa shape index (κ2) is 47.8. The molecule has 4 N–H and O–H groups in total. The number of benzene rings is 11. The number of carbonyl (C=O) groups excluding carboxylic acids is 2. The van der Waals surface area contributed by atoms with Gasteiger partial charge in [0, 0.05) is 50.8 Å². The lowest BCUT2D eigenvalue weighted by molar-refractivity contribution is -0.192. The van der Waals surface area contributed by atoms with Crippen molar-refractivity contribution in [3.63, 3.8) is 0 Å². The minimum Gasteiger partial charge on any atom is -0.497 e. The highest BCUT2D eigenvalue weighted by Crippen LogP contribution is 2.39. The maximum Gasteiger partial charge on any atom is 0.494 e. The van der Waals surface area contributed by atoms with Gasteiger partial charge in [0.1, 0.15) is 40.2 Å². The van der Waals surface area contributed by atoms with E-state index in [0.29, 0.717) is 42.6 Å². The van der Waals surface area contributed by atoms with Gasteiger partial charge in [0.2, 0.25) is 22.8 Å². The molecule has 1 saturated heterocycles. The molecule has 148 heavy (non-hydrogen) atoms. The molecular formula is C108H93BBrF3N16O19. The van der Waals surface area contributed by atoms with Crippen molar-refractivity contribution in [1.29, 1.82) is 0 Å². The van der Waals surface area contributed by atoms with E-state index in [-0.39, 0.29) is 77.8 Å². The van der Waals surface area contributed by atoms with E-state index in [1.165, 1.54) is 14.0 Å². The summed E-state index contributed by atoms with van der Waals surface area (Å²) in [6, 6.07) is 92.3. The Hall–Kier alpha value is -18.2. The normalized spacial score (nSPS) is 12.1. The summed E-state index contributed by atoms with van der Waals surface area (Å²) in [6.07, 6.45) is 2.04. The molecule has 8 aromatic heterocycles. The largest absolute Gasteiger partial charge is 0.497 e. The highest BCUT2D eigenvalue weighted by atomic mass is 79.9. The SMILES string of the molecule is CC1(C)OB(c2ccc3cccnc3c2)OC1(C)C.CCOC(=O)c1nnn(Cc2ccc(OC)cc2)c1Oc1ccc(-c2ccc3cccnc3c2)cc1.CCOC(=O)c1nnn(Cc2ccc(OC)cc2)c1Oc1ccc(Br)cc1.COc1ccc(Cn2nnc(C(=O)O)c2Oc2ccc(-c3ccc4cccnc4c3)cc2)cc1.O=C(O)C(F)(F)F.O=C(O)c1[nH]nnc1Oc1ccc(-c2ccc3cccnc3c2)cc1. The number of aliphatic carboxylic acids is 1. The van der Waals surface area contributed by atoms with Crippen molar-refractivity contribution in [1.82, 2.24) is 80.3 Å². The molecule has 0 radical (unpaired) electrons. The Kier molecular flexibility index (Phi) is 33.6. The summed E-state index contributed by atoms with van der Waals surface area (Å²) in [4.78, 5) is 73.9. The van der Waals surface area contributed by atoms with Crippen LogP contribution in [-0.2, 0) is 43.2 Å². The zero-order valence-corrected chi connectivity index (χ0v) is 82.3. The molecule has 35 nitrogen and oxygen atoms in total. The summed E-state index contributed by atoms with van der Waals surface area (Å²) in [5, 5.41) is 63.4. The van der Waals surface area contributed by atoms with Crippen LogP contribution < -0.4 is 38.6 Å². The highest BCUT2D eigenvalue weighted by molar-refractivity contribution is 9.10. The third-order valence-electron chi connectivity index (χ3n) is 22.9. The number of alkyl halides is 3. The molecule has 1 aliphatic rings. The smallest absolute Gasteiger partial charge is 0.494 e. The van der Waals surface area contributed by atoms with Crippen LogP contribution in [0.2, 0.25) is 0 Å². The maximum absolute atomic E-state index is 12.5. The molecule has 1 fully saturated rings. The van der Waals surface area contributed by atoms with Crippen LogP contribution in [-0.4, -0.2) is 185 Å². The second-order valence-corrected chi connectivity index (χ2v) is 34.2. The third-order valence-corrected chi connectivity index (χ3v) is 23.4. The summed E-state index contributed by atoms with van der Waals surface area (Å²) >= 11 is 3.38. The first-order chi connectivity index (χ1) is 71.4.